The highest BCUT2D eigenvalue weighted by Gasteiger charge is 2.41. The molecule has 106 valence electrons. The molecule has 1 atom stereocenters. The molecule has 1 fully saturated rings. The van der Waals surface area contributed by atoms with Crippen molar-refractivity contribution in [1.82, 2.24) is 10.3 Å². The number of hydrogen-bond acceptors (Lipinski definition) is 3. The van der Waals surface area contributed by atoms with Crippen molar-refractivity contribution in [2.75, 3.05) is 26.8 Å². The first-order chi connectivity index (χ1) is 9.14. The van der Waals surface area contributed by atoms with E-state index in [2.05, 4.69) is 45.3 Å². The summed E-state index contributed by atoms with van der Waals surface area (Å²) >= 11 is 3.44. The molecule has 4 heteroatoms. The Bertz CT molecular complexity index is 392. The fraction of sp³-hybridized carbons (Fsp3) is 0.667. The molecule has 1 N–H and O–H groups in total. The Morgan fingerprint density at radius 1 is 1.47 bits per heavy atom. The maximum Gasteiger partial charge on any atom is 0.0587 e. The summed E-state index contributed by atoms with van der Waals surface area (Å²) in [5.74, 6) is 0.841. The van der Waals surface area contributed by atoms with Crippen LogP contribution in [-0.2, 0) is 11.2 Å². The summed E-state index contributed by atoms with van der Waals surface area (Å²) in [6.07, 6.45) is 5.66. The molecule has 19 heavy (non-hydrogen) atoms. The molecule has 0 aliphatic heterocycles. The van der Waals surface area contributed by atoms with E-state index in [9.17, 15) is 0 Å². The van der Waals surface area contributed by atoms with Gasteiger partial charge in [0.1, 0.15) is 0 Å². The molecule has 1 unspecified atom stereocenters. The van der Waals surface area contributed by atoms with Crippen molar-refractivity contribution < 1.29 is 4.74 Å². The molecule has 1 aliphatic carbocycles. The minimum atomic E-state index is 0.314. The maximum atomic E-state index is 5.08. The summed E-state index contributed by atoms with van der Waals surface area (Å²) in [5, 5.41) is 3.52. The lowest BCUT2D eigenvalue weighted by Crippen LogP contribution is -2.37. The van der Waals surface area contributed by atoms with E-state index >= 15 is 0 Å². The van der Waals surface area contributed by atoms with Gasteiger partial charge in [-0.15, -0.1) is 0 Å². The average Bonchev–Trinajstić information content (AvgIpc) is 3.22. The molecule has 1 heterocycles. The molecule has 1 saturated carbocycles. The Morgan fingerprint density at radius 3 is 2.84 bits per heavy atom. The van der Waals surface area contributed by atoms with Crippen molar-refractivity contribution in [1.29, 1.82) is 0 Å². The van der Waals surface area contributed by atoms with Crippen LogP contribution in [0, 0.1) is 11.3 Å². The number of halogens is 1. The van der Waals surface area contributed by atoms with Crippen LogP contribution in [0.1, 0.15) is 25.5 Å². The van der Waals surface area contributed by atoms with Gasteiger partial charge in [-0.2, -0.15) is 0 Å². The fourth-order valence-electron chi connectivity index (χ4n) is 2.60. The van der Waals surface area contributed by atoms with Gasteiger partial charge in [0.05, 0.1) is 6.61 Å². The van der Waals surface area contributed by atoms with Crippen LogP contribution < -0.4 is 5.32 Å². The second-order valence-corrected chi connectivity index (χ2v) is 6.66. The molecule has 3 nitrogen and oxygen atoms in total. The standard InChI is InChI=1S/C15H23BrN2O/c1-15(12-3-4-12,11-17-7-8-19-2)9-14-6-5-13(16)10-18-14/h5-6,10,12,17H,3-4,7-9,11H2,1-2H3. The van der Waals surface area contributed by atoms with E-state index in [1.54, 1.807) is 7.11 Å². The molecule has 1 aromatic heterocycles. The van der Waals surface area contributed by atoms with E-state index in [0.29, 0.717) is 5.41 Å². The van der Waals surface area contributed by atoms with Gasteiger partial charge in [-0.25, -0.2) is 0 Å². The van der Waals surface area contributed by atoms with Crippen LogP contribution in [0.5, 0.6) is 0 Å². The fourth-order valence-corrected chi connectivity index (χ4v) is 2.84. The van der Waals surface area contributed by atoms with Crippen molar-refractivity contribution in [2.24, 2.45) is 11.3 Å². The third-order valence-electron chi connectivity index (χ3n) is 3.95. The summed E-state index contributed by atoms with van der Waals surface area (Å²) in [7, 11) is 1.74. The number of methoxy groups -OCH3 is 1. The zero-order valence-corrected chi connectivity index (χ0v) is 13.4. The minimum Gasteiger partial charge on any atom is -0.383 e. The second kappa shape index (κ2) is 6.82. The van der Waals surface area contributed by atoms with Gasteiger partial charge in [0.2, 0.25) is 0 Å². The second-order valence-electron chi connectivity index (χ2n) is 5.74. The summed E-state index contributed by atoms with van der Waals surface area (Å²) in [5.41, 5.74) is 1.50. The SMILES string of the molecule is COCCNCC(C)(Cc1ccc(Br)cn1)C1CC1. The molecular weight excluding hydrogens is 304 g/mol. The van der Waals surface area contributed by atoms with Crippen LogP contribution in [0.3, 0.4) is 0 Å². The van der Waals surface area contributed by atoms with Gasteiger partial charge in [-0.05, 0) is 58.7 Å². The van der Waals surface area contributed by atoms with E-state index in [1.165, 1.54) is 18.5 Å². The van der Waals surface area contributed by atoms with E-state index in [4.69, 9.17) is 4.74 Å². The Kier molecular flexibility index (Phi) is 5.37. The van der Waals surface area contributed by atoms with E-state index in [-0.39, 0.29) is 0 Å². The lowest BCUT2D eigenvalue weighted by Gasteiger charge is -2.30. The van der Waals surface area contributed by atoms with E-state index in [1.807, 2.05) is 6.20 Å². The number of aromatic nitrogens is 1. The normalized spacial score (nSPS) is 18.3. The molecule has 0 aromatic carbocycles. The van der Waals surface area contributed by atoms with Gasteiger partial charge in [0.15, 0.2) is 0 Å². The Balaban J connectivity index is 1.92. The molecule has 0 radical (unpaired) electrons. The quantitative estimate of drug-likeness (QED) is 0.745. The topological polar surface area (TPSA) is 34.1 Å². The van der Waals surface area contributed by atoms with Crippen molar-refractivity contribution in [2.45, 2.75) is 26.2 Å². The van der Waals surface area contributed by atoms with Gasteiger partial charge in [-0.1, -0.05) is 6.92 Å². The van der Waals surface area contributed by atoms with Crippen LogP contribution in [0.25, 0.3) is 0 Å². The molecule has 0 spiro atoms. The zero-order valence-electron chi connectivity index (χ0n) is 11.8. The van der Waals surface area contributed by atoms with Crippen molar-refractivity contribution in [3.63, 3.8) is 0 Å². The van der Waals surface area contributed by atoms with Gasteiger partial charge < -0.3 is 10.1 Å². The van der Waals surface area contributed by atoms with Gasteiger partial charge in [-0.3, -0.25) is 4.98 Å². The highest BCUT2D eigenvalue weighted by molar-refractivity contribution is 9.10. The molecule has 0 bridgehead atoms. The molecule has 1 aromatic rings. The first kappa shape index (κ1) is 14.9. The van der Waals surface area contributed by atoms with Gasteiger partial charge in [0, 0.05) is 36.6 Å². The smallest absolute Gasteiger partial charge is 0.0587 e. The predicted molar refractivity (Wildman–Crippen MR) is 81.2 cm³/mol. The Labute approximate surface area is 124 Å². The minimum absolute atomic E-state index is 0.314. The van der Waals surface area contributed by atoms with Crippen LogP contribution >= 0.6 is 15.9 Å². The van der Waals surface area contributed by atoms with Crippen LogP contribution in [0.4, 0.5) is 0 Å². The first-order valence-corrected chi connectivity index (χ1v) is 7.73. The highest BCUT2D eigenvalue weighted by atomic mass is 79.9. The van der Waals surface area contributed by atoms with Crippen LogP contribution in [-0.4, -0.2) is 31.8 Å². The van der Waals surface area contributed by atoms with E-state index in [0.717, 1.165) is 36.5 Å². The molecule has 0 saturated heterocycles. The van der Waals surface area contributed by atoms with E-state index < -0.39 is 0 Å². The first-order valence-electron chi connectivity index (χ1n) is 6.94. The highest BCUT2D eigenvalue weighted by Crippen LogP contribution is 2.46. The lowest BCUT2D eigenvalue weighted by molar-refractivity contribution is 0.187. The third-order valence-corrected chi connectivity index (χ3v) is 4.42. The number of ether oxygens (including phenoxy) is 1. The number of pyridine rings is 1. The molecule has 0 amide bonds. The number of nitrogens with one attached hydrogen (secondary N) is 1. The largest absolute Gasteiger partial charge is 0.383 e. The van der Waals surface area contributed by atoms with Crippen molar-refractivity contribution in [3.8, 4) is 0 Å². The van der Waals surface area contributed by atoms with Crippen LogP contribution in [0.15, 0.2) is 22.8 Å². The predicted octanol–water partition coefficient (Wildman–Crippen LogP) is 3.04. The number of nitrogens with zero attached hydrogens (tertiary/aromatic N) is 1. The molecule has 2 rings (SSSR count). The summed E-state index contributed by atoms with van der Waals surface area (Å²) in [6.45, 7) is 5.12. The number of rotatable bonds is 8. The average molecular weight is 327 g/mol. The number of hydrogen-bond donors (Lipinski definition) is 1. The Hall–Kier alpha value is -0.450. The zero-order chi connectivity index (χ0) is 13.7. The van der Waals surface area contributed by atoms with Crippen molar-refractivity contribution >= 4 is 15.9 Å². The Morgan fingerprint density at radius 2 is 2.26 bits per heavy atom. The van der Waals surface area contributed by atoms with Gasteiger partial charge in [0.25, 0.3) is 0 Å². The summed E-state index contributed by atoms with van der Waals surface area (Å²) < 4.78 is 6.13. The summed E-state index contributed by atoms with van der Waals surface area (Å²) in [6, 6.07) is 4.20. The molecule has 1 aliphatic rings. The van der Waals surface area contributed by atoms with Crippen molar-refractivity contribution in [3.05, 3.63) is 28.5 Å². The maximum absolute atomic E-state index is 5.08. The monoisotopic (exact) mass is 326 g/mol. The third kappa shape index (κ3) is 4.55. The van der Waals surface area contributed by atoms with Gasteiger partial charge >= 0.3 is 0 Å². The summed E-state index contributed by atoms with van der Waals surface area (Å²) in [4.78, 5) is 4.52. The lowest BCUT2D eigenvalue weighted by atomic mass is 9.80. The molecular formula is C15H23BrN2O. The van der Waals surface area contributed by atoms with Crippen LogP contribution in [0.2, 0.25) is 0 Å².